The van der Waals surface area contributed by atoms with Gasteiger partial charge in [0.15, 0.2) is 0 Å². The van der Waals surface area contributed by atoms with Crippen molar-refractivity contribution >= 4 is 0 Å². The second-order valence-electron chi connectivity index (χ2n) is 2.59. The van der Waals surface area contributed by atoms with Gasteiger partial charge in [0.1, 0.15) is 0 Å². The molecule has 0 spiro atoms. The molecule has 0 aliphatic rings. The second-order valence-corrected chi connectivity index (χ2v) is 2.59. The first kappa shape index (κ1) is 8.81. The summed E-state index contributed by atoms with van der Waals surface area (Å²) in [5.74, 6) is 0. The molecule has 1 aromatic carbocycles. The molecule has 64 valence electrons. The normalized spacial score (nSPS) is 13.4. The van der Waals surface area contributed by atoms with Crippen LogP contribution in [0.25, 0.3) is 0 Å². The van der Waals surface area contributed by atoms with Crippen LogP contribution in [0.2, 0.25) is 0 Å². The van der Waals surface area contributed by atoms with Crippen molar-refractivity contribution in [2.45, 2.75) is 12.5 Å². The van der Waals surface area contributed by atoms with Crippen molar-refractivity contribution in [1.82, 2.24) is 0 Å². The van der Waals surface area contributed by atoms with Gasteiger partial charge in [0.2, 0.25) is 0 Å². The summed E-state index contributed by atoms with van der Waals surface area (Å²) in [7, 11) is 0. The van der Waals surface area contributed by atoms with E-state index in [1.165, 1.54) is 6.20 Å². The first-order valence-corrected chi connectivity index (χ1v) is 3.94. The molecule has 12 heavy (non-hydrogen) atoms. The number of hydrogen-bond acceptors (Lipinski definition) is 2. The standard InChI is InChI=1S/C10H13NO/c11-8-4-7-10(12)9-5-2-1-3-6-9/h1-6,8,10,12H,7,11H2. The molecule has 0 heterocycles. The summed E-state index contributed by atoms with van der Waals surface area (Å²) in [6, 6.07) is 9.54. The van der Waals surface area contributed by atoms with Gasteiger partial charge in [-0.25, -0.2) is 0 Å². The average Bonchev–Trinajstić information content (AvgIpc) is 2.15. The van der Waals surface area contributed by atoms with Crippen LogP contribution < -0.4 is 5.73 Å². The Morgan fingerprint density at radius 2 is 2.00 bits per heavy atom. The van der Waals surface area contributed by atoms with Crippen molar-refractivity contribution in [3.8, 4) is 0 Å². The molecule has 0 bridgehead atoms. The van der Waals surface area contributed by atoms with E-state index in [0.29, 0.717) is 6.42 Å². The zero-order valence-corrected chi connectivity index (χ0v) is 6.85. The van der Waals surface area contributed by atoms with Crippen LogP contribution in [0, 0.1) is 0 Å². The third kappa shape index (κ3) is 2.40. The molecule has 0 radical (unpaired) electrons. The quantitative estimate of drug-likeness (QED) is 0.710. The average molecular weight is 163 g/mol. The Hall–Kier alpha value is -1.28. The molecule has 2 heteroatoms. The molecule has 3 N–H and O–H groups in total. The van der Waals surface area contributed by atoms with E-state index in [0.717, 1.165) is 5.56 Å². The lowest BCUT2D eigenvalue weighted by atomic mass is 10.1. The van der Waals surface area contributed by atoms with E-state index in [1.807, 2.05) is 30.3 Å². The molecule has 2 nitrogen and oxygen atoms in total. The second kappa shape index (κ2) is 4.57. The Morgan fingerprint density at radius 1 is 1.33 bits per heavy atom. The van der Waals surface area contributed by atoms with Crippen molar-refractivity contribution < 1.29 is 5.11 Å². The SMILES string of the molecule is NC=CCC(O)c1ccccc1. The van der Waals surface area contributed by atoms with Crippen LogP contribution in [0.5, 0.6) is 0 Å². The highest BCUT2D eigenvalue weighted by atomic mass is 16.3. The van der Waals surface area contributed by atoms with Gasteiger partial charge in [0.05, 0.1) is 6.10 Å². The Bertz CT molecular complexity index is 243. The van der Waals surface area contributed by atoms with Gasteiger partial charge in [-0.15, -0.1) is 0 Å². The highest BCUT2D eigenvalue weighted by molar-refractivity contribution is 5.17. The highest BCUT2D eigenvalue weighted by Crippen LogP contribution is 2.15. The van der Waals surface area contributed by atoms with Crippen molar-refractivity contribution in [2.24, 2.45) is 5.73 Å². The Kier molecular flexibility index (Phi) is 3.35. The lowest BCUT2D eigenvalue weighted by Gasteiger charge is -2.06. The molecule has 0 fully saturated rings. The van der Waals surface area contributed by atoms with Crippen molar-refractivity contribution in [2.75, 3.05) is 0 Å². The zero-order valence-electron chi connectivity index (χ0n) is 6.85. The molecular formula is C10H13NO. The van der Waals surface area contributed by atoms with E-state index in [2.05, 4.69) is 0 Å². The lowest BCUT2D eigenvalue weighted by Crippen LogP contribution is -1.95. The van der Waals surface area contributed by atoms with Crippen LogP contribution in [-0.4, -0.2) is 5.11 Å². The number of nitrogens with two attached hydrogens (primary N) is 1. The summed E-state index contributed by atoms with van der Waals surface area (Å²) in [5, 5.41) is 9.54. The summed E-state index contributed by atoms with van der Waals surface area (Å²) in [5.41, 5.74) is 6.09. The van der Waals surface area contributed by atoms with E-state index in [4.69, 9.17) is 5.73 Å². The maximum Gasteiger partial charge on any atom is 0.0825 e. The van der Waals surface area contributed by atoms with E-state index < -0.39 is 6.10 Å². The molecule has 0 aliphatic carbocycles. The fraction of sp³-hybridized carbons (Fsp3) is 0.200. The Morgan fingerprint density at radius 3 is 2.58 bits per heavy atom. The van der Waals surface area contributed by atoms with E-state index in [1.54, 1.807) is 6.08 Å². The fourth-order valence-corrected chi connectivity index (χ4v) is 1.02. The van der Waals surface area contributed by atoms with Crippen LogP contribution in [0.4, 0.5) is 0 Å². The van der Waals surface area contributed by atoms with Crippen molar-refractivity contribution in [1.29, 1.82) is 0 Å². The molecule has 0 amide bonds. The predicted molar refractivity (Wildman–Crippen MR) is 49.3 cm³/mol. The van der Waals surface area contributed by atoms with Crippen LogP contribution in [-0.2, 0) is 0 Å². The highest BCUT2D eigenvalue weighted by Gasteiger charge is 2.02. The minimum atomic E-state index is -0.439. The van der Waals surface area contributed by atoms with Gasteiger partial charge >= 0.3 is 0 Å². The summed E-state index contributed by atoms with van der Waals surface area (Å²) in [6.45, 7) is 0. The number of rotatable bonds is 3. The monoisotopic (exact) mass is 163 g/mol. The first-order chi connectivity index (χ1) is 5.84. The topological polar surface area (TPSA) is 46.2 Å². The zero-order chi connectivity index (χ0) is 8.81. The maximum atomic E-state index is 9.54. The van der Waals surface area contributed by atoms with Crippen LogP contribution in [0.15, 0.2) is 42.6 Å². The first-order valence-electron chi connectivity index (χ1n) is 3.94. The van der Waals surface area contributed by atoms with Crippen LogP contribution >= 0.6 is 0 Å². The molecule has 1 aromatic rings. The summed E-state index contributed by atoms with van der Waals surface area (Å²) < 4.78 is 0. The van der Waals surface area contributed by atoms with Gasteiger partial charge < -0.3 is 10.8 Å². The minimum Gasteiger partial charge on any atom is -0.405 e. The predicted octanol–water partition coefficient (Wildman–Crippen LogP) is 1.58. The van der Waals surface area contributed by atoms with E-state index >= 15 is 0 Å². The minimum absolute atomic E-state index is 0.439. The van der Waals surface area contributed by atoms with E-state index in [9.17, 15) is 5.11 Å². The third-order valence-corrected chi connectivity index (χ3v) is 1.68. The molecule has 1 atom stereocenters. The molecule has 1 unspecified atom stereocenters. The molecule has 0 aromatic heterocycles. The molecule has 1 rings (SSSR count). The van der Waals surface area contributed by atoms with E-state index in [-0.39, 0.29) is 0 Å². The third-order valence-electron chi connectivity index (χ3n) is 1.68. The number of aliphatic hydroxyl groups excluding tert-OH is 1. The van der Waals surface area contributed by atoms with Gasteiger partial charge in [0, 0.05) is 0 Å². The molecule has 0 saturated carbocycles. The van der Waals surface area contributed by atoms with Gasteiger partial charge in [-0.05, 0) is 18.2 Å². The van der Waals surface area contributed by atoms with Gasteiger partial charge in [-0.1, -0.05) is 36.4 Å². The smallest absolute Gasteiger partial charge is 0.0825 e. The maximum absolute atomic E-state index is 9.54. The van der Waals surface area contributed by atoms with Crippen LogP contribution in [0.3, 0.4) is 0 Å². The fourth-order valence-electron chi connectivity index (χ4n) is 1.02. The molecule has 0 saturated heterocycles. The number of benzene rings is 1. The summed E-state index contributed by atoms with van der Waals surface area (Å²) in [6.07, 6.45) is 3.33. The molecular weight excluding hydrogens is 150 g/mol. The number of aliphatic hydroxyl groups is 1. The van der Waals surface area contributed by atoms with Gasteiger partial charge in [-0.2, -0.15) is 0 Å². The van der Waals surface area contributed by atoms with Crippen LogP contribution in [0.1, 0.15) is 18.1 Å². The lowest BCUT2D eigenvalue weighted by molar-refractivity contribution is 0.181. The molecule has 0 aliphatic heterocycles. The van der Waals surface area contributed by atoms with Crippen molar-refractivity contribution in [3.05, 3.63) is 48.2 Å². The summed E-state index contributed by atoms with van der Waals surface area (Å²) in [4.78, 5) is 0. The Balaban J connectivity index is 2.59. The van der Waals surface area contributed by atoms with Gasteiger partial charge in [-0.3, -0.25) is 0 Å². The largest absolute Gasteiger partial charge is 0.405 e. The van der Waals surface area contributed by atoms with Gasteiger partial charge in [0.25, 0.3) is 0 Å². The van der Waals surface area contributed by atoms with Crippen molar-refractivity contribution in [3.63, 3.8) is 0 Å². The summed E-state index contributed by atoms with van der Waals surface area (Å²) >= 11 is 0. The Labute approximate surface area is 72.3 Å². The number of hydrogen-bond donors (Lipinski definition) is 2.